The van der Waals surface area contributed by atoms with Gasteiger partial charge in [0.2, 0.25) is 5.91 Å². The topological polar surface area (TPSA) is 76.7 Å². The molecule has 0 radical (unpaired) electrons. The van der Waals surface area contributed by atoms with Gasteiger partial charge in [-0.05, 0) is 37.3 Å². The van der Waals surface area contributed by atoms with E-state index in [1.807, 2.05) is 0 Å². The number of carbonyl (C=O) groups is 2. The van der Waals surface area contributed by atoms with Gasteiger partial charge in [0.05, 0.1) is 25.3 Å². The van der Waals surface area contributed by atoms with Crippen molar-refractivity contribution in [1.82, 2.24) is 10.6 Å². The average Bonchev–Trinajstić information content (AvgIpc) is 2.67. The van der Waals surface area contributed by atoms with Gasteiger partial charge in [-0.1, -0.05) is 44.7 Å². The number of hydrogen-bond acceptors (Lipinski definition) is 4. The Balaban J connectivity index is 1.92. The summed E-state index contributed by atoms with van der Waals surface area (Å²) in [6.45, 7) is 4.67. The third kappa shape index (κ3) is 6.89. The van der Waals surface area contributed by atoms with Crippen LogP contribution in [0.3, 0.4) is 0 Å². The van der Waals surface area contributed by atoms with Gasteiger partial charge in [0.25, 0.3) is 5.91 Å². The Kier molecular flexibility index (Phi) is 8.90. The summed E-state index contributed by atoms with van der Waals surface area (Å²) in [7, 11) is 1.50. The number of nitrogens with one attached hydrogen (secondary N) is 2. The van der Waals surface area contributed by atoms with Gasteiger partial charge >= 0.3 is 0 Å². The summed E-state index contributed by atoms with van der Waals surface area (Å²) in [4.78, 5) is 24.5. The maximum Gasteiger partial charge on any atom is 0.251 e. The van der Waals surface area contributed by atoms with E-state index in [2.05, 4.69) is 24.5 Å². The van der Waals surface area contributed by atoms with Gasteiger partial charge in [0.15, 0.2) is 11.5 Å². The molecule has 1 aliphatic rings. The molecule has 1 aromatic carbocycles. The zero-order chi connectivity index (χ0) is 20.5. The van der Waals surface area contributed by atoms with Crippen molar-refractivity contribution < 1.29 is 19.1 Å². The standard InChI is InChI=1S/C21H31ClN2O4/c1-14(2)9-10-28-20-17(22)11-15(12-18(20)27-3)21(26)23-13-19(25)24-16-7-5-4-6-8-16/h11-12,14,16H,4-10,13H2,1-3H3,(H,23,26)(H,24,25). The lowest BCUT2D eigenvalue weighted by atomic mass is 9.95. The molecule has 0 atom stereocenters. The normalized spacial score (nSPS) is 14.6. The summed E-state index contributed by atoms with van der Waals surface area (Å²) in [6, 6.07) is 3.32. The summed E-state index contributed by atoms with van der Waals surface area (Å²) in [5.41, 5.74) is 0.323. The highest BCUT2D eigenvalue weighted by Crippen LogP contribution is 2.36. The molecule has 0 spiro atoms. The molecule has 0 aromatic heterocycles. The quantitative estimate of drug-likeness (QED) is 0.646. The molecule has 28 heavy (non-hydrogen) atoms. The van der Waals surface area contributed by atoms with E-state index >= 15 is 0 Å². The number of halogens is 1. The van der Waals surface area contributed by atoms with Crippen molar-refractivity contribution in [3.05, 3.63) is 22.7 Å². The predicted octanol–water partition coefficient (Wildman–Crippen LogP) is 3.95. The van der Waals surface area contributed by atoms with Crippen LogP contribution in [-0.4, -0.2) is 38.1 Å². The van der Waals surface area contributed by atoms with Crippen molar-refractivity contribution in [2.24, 2.45) is 5.92 Å². The zero-order valence-electron chi connectivity index (χ0n) is 17.0. The maximum absolute atomic E-state index is 12.4. The number of carbonyl (C=O) groups excluding carboxylic acids is 2. The number of rotatable bonds is 9. The second kappa shape index (κ2) is 11.1. The van der Waals surface area contributed by atoms with Gasteiger partial charge < -0.3 is 20.1 Å². The van der Waals surface area contributed by atoms with Gasteiger partial charge in [-0.2, -0.15) is 0 Å². The van der Waals surface area contributed by atoms with Gasteiger partial charge in [0.1, 0.15) is 0 Å². The maximum atomic E-state index is 12.4. The summed E-state index contributed by atoms with van der Waals surface area (Å²) in [6.07, 6.45) is 6.40. The van der Waals surface area contributed by atoms with E-state index in [0.29, 0.717) is 34.6 Å². The van der Waals surface area contributed by atoms with E-state index in [9.17, 15) is 9.59 Å². The minimum atomic E-state index is -0.382. The Hall–Kier alpha value is -1.95. The van der Waals surface area contributed by atoms with Crippen molar-refractivity contribution >= 4 is 23.4 Å². The summed E-state index contributed by atoms with van der Waals surface area (Å²) in [5.74, 6) is 0.777. The average molecular weight is 411 g/mol. The van der Waals surface area contributed by atoms with Crippen molar-refractivity contribution in [1.29, 1.82) is 0 Å². The largest absolute Gasteiger partial charge is 0.493 e. The van der Waals surface area contributed by atoms with E-state index in [1.165, 1.54) is 19.6 Å². The molecule has 0 bridgehead atoms. The molecule has 6 nitrogen and oxygen atoms in total. The Labute approximate surface area is 172 Å². The fraction of sp³-hybridized carbons (Fsp3) is 0.619. The first-order chi connectivity index (χ1) is 13.4. The molecule has 2 N–H and O–H groups in total. The molecule has 7 heteroatoms. The molecule has 1 fully saturated rings. The third-order valence-corrected chi connectivity index (χ3v) is 5.09. The van der Waals surface area contributed by atoms with Crippen molar-refractivity contribution in [3.63, 3.8) is 0 Å². The van der Waals surface area contributed by atoms with Crippen LogP contribution in [0.2, 0.25) is 5.02 Å². The molecular formula is C21H31ClN2O4. The summed E-state index contributed by atoms with van der Waals surface area (Å²) < 4.78 is 11.1. The lowest BCUT2D eigenvalue weighted by Crippen LogP contribution is -2.42. The smallest absolute Gasteiger partial charge is 0.251 e. The van der Waals surface area contributed by atoms with Crippen LogP contribution in [0, 0.1) is 5.92 Å². The number of hydrogen-bond donors (Lipinski definition) is 2. The van der Waals surface area contributed by atoms with E-state index in [-0.39, 0.29) is 24.4 Å². The SMILES string of the molecule is COc1cc(C(=O)NCC(=O)NC2CCCCC2)cc(Cl)c1OCCC(C)C. The van der Waals surface area contributed by atoms with E-state index in [1.54, 1.807) is 6.07 Å². The Morgan fingerprint density at radius 1 is 1.21 bits per heavy atom. The highest BCUT2D eigenvalue weighted by atomic mass is 35.5. The first-order valence-corrected chi connectivity index (χ1v) is 10.4. The lowest BCUT2D eigenvalue weighted by molar-refractivity contribution is -0.121. The van der Waals surface area contributed by atoms with Gasteiger partial charge in [-0.3, -0.25) is 9.59 Å². The highest BCUT2D eigenvalue weighted by molar-refractivity contribution is 6.32. The molecule has 2 rings (SSSR count). The number of methoxy groups -OCH3 is 1. The molecule has 1 aliphatic carbocycles. The summed E-state index contributed by atoms with van der Waals surface area (Å²) >= 11 is 6.30. The molecule has 0 unspecified atom stereocenters. The van der Waals surface area contributed by atoms with Gasteiger partial charge in [0, 0.05) is 11.6 Å². The molecule has 1 saturated carbocycles. The monoisotopic (exact) mass is 410 g/mol. The Morgan fingerprint density at radius 3 is 2.57 bits per heavy atom. The Bertz CT molecular complexity index is 673. The number of ether oxygens (including phenoxy) is 2. The van der Waals surface area contributed by atoms with E-state index < -0.39 is 0 Å². The highest BCUT2D eigenvalue weighted by Gasteiger charge is 2.18. The van der Waals surface area contributed by atoms with E-state index in [4.69, 9.17) is 21.1 Å². The van der Waals surface area contributed by atoms with Crippen LogP contribution in [0.5, 0.6) is 11.5 Å². The van der Waals surface area contributed by atoms with Crippen LogP contribution in [-0.2, 0) is 4.79 Å². The second-order valence-electron chi connectivity index (χ2n) is 7.61. The fourth-order valence-corrected chi connectivity index (χ4v) is 3.44. The second-order valence-corrected chi connectivity index (χ2v) is 8.01. The number of benzene rings is 1. The Morgan fingerprint density at radius 2 is 1.93 bits per heavy atom. The van der Waals surface area contributed by atoms with Crippen LogP contribution >= 0.6 is 11.6 Å². The van der Waals surface area contributed by atoms with Crippen molar-refractivity contribution in [2.75, 3.05) is 20.3 Å². The molecule has 0 aliphatic heterocycles. The molecule has 156 valence electrons. The zero-order valence-corrected chi connectivity index (χ0v) is 17.7. The van der Waals surface area contributed by atoms with Crippen LogP contribution in [0.1, 0.15) is 62.7 Å². The predicted molar refractivity (Wildman–Crippen MR) is 110 cm³/mol. The van der Waals surface area contributed by atoms with E-state index in [0.717, 1.165) is 32.1 Å². The van der Waals surface area contributed by atoms with Gasteiger partial charge in [-0.15, -0.1) is 0 Å². The molecular weight excluding hydrogens is 380 g/mol. The molecule has 0 heterocycles. The minimum Gasteiger partial charge on any atom is -0.493 e. The van der Waals surface area contributed by atoms with Crippen molar-refractivity contribution in [2.45, 2.75) is 58.4 Å². The minimum absolute atomic E-state index is 0.0676. The van der Waals surface area contributed by atoms with Crippen LogP contribution in [0.15, 0.2) is 12.1 Å². The molecule has 1 aromatic rings. The third-order valence-electron chi connectivity index (χ3n) is 4.81. The molecule has 2 amide bonds. The van der Waals surface area contributed by atoms with Crippen LogP contribution in [0.4, 0.5) is 0 Å². The van der Waals surface area contributed by atoms with Crippen LogP contribution in [0.25, 0.3) is 0 Å². The molecule has 0 saturated heterocycles. The number of amides is 2. The summed E-state index contributed by atoms with van der Waals surface area (Å²) in [5, 5.41) is 5.92. The first kappa shape index (κ1) is 22.3. The van der Waals surface area contributed by atoms with Crippen molar-refractivity contribution in [3.8, 4) is 11.5 Å². The van der Waals surface area contributed by atoms with Gasteiger partial charge in [-0.25, -0.2) is 0 Å². The first-order valence-electron chi connectivity index (χ1n) is 9.98. The lowest BCUT2D eigenvalue weighted by Gasteiger charge is -2.22. The fourth-order valence-electron chi connectivity index (χ4n) is 3.18. The van der Waals surface area contributed by atoms with Crippen LogP contribution < -0.4 is 20.1 Å².